The molecule has 0 saturated carbocycles. The lowest BCUT2D eigenvalue weighted by Gasteiger charge is -2.34. The van der Waals surface area contributed by atoms with Crippen LogP contribution in [0, 0.1) is 11.8 Å². The van der Waals surface area contributed by atoms with Gasteiger partial charge in [0.2, 0.25) is 5.91 Å². The van der Waals surface area contributed by atoms with Crippen molar-refractivity contribution in [1.29, 1.82) is 0 Å². The number of carbonyl (C=O) groups excluding carboxylic acids is 1. The first-order valence-corrected chi connectivity index (χ1v) is 10.5. The van der Waals surface area contributed by atoms with Crippen molar-refractivity contribution in [1.82, 2.24) is 15.5 Å². The standard InChI is InChI=1S/C22H36N4O2/c1-5-24-22(26-11-9-18(10-12-26)14-21(27)23-4)25-15-19-7-6-8-20(13-19)28-16-17(2)3/h6-8,13,17-18H,5,9-12,14-16H2,1-4H3,(H,23,27)(H,24,25). The van der Waals surface area contributed by atoms with Gasteiger partial charge in [-0.25, -0.2) is 4.99 Å². The van der Waals surface area contributed by atoms with E-state index >= 15 is 0 Å². The lowest BCUT2D eigenvalue weighted by atomic mass is 9.93. The number of guanidine groups is 1. The SMILES string of the molecule is CCNC(=NCc1cccc(OCC(C)C)c1)N1CCC(CC(=O)NC)CC1. The van der Waals surface area contributed by atoms with Crippen molar-refractivity contribution in [3.05, 3.63) is 29.8 Å². The van der Waals surface area contributed by atoms with Crippen LogP contribution in [0.1, 0.15) is 45.6 Å². The van der Waals surface area contributed by atoms with Crippen molar-refractivity contribution in [2.75, 3.05) is 33.3 Å². The molecule has 1 aliphatic rings. The van der Waals surface area contributed by atoms with Crippen LogP contribution in [0.3, 0.4) is 0 Å². The molecule has 2 N–H and O–H groups in total. The van der Waals surface area contributed by atoms with Crippen molar-refractivity contribution >= 4 is 11.9 Å². The van der Waals surface area contributed by atoms with Gasteiger partial charge in [-0.2, -0.15) is 0 Å². The fraction of sp³-hybridized carbons (Fsp3) is 0.636. The fourth-order valence-corrected chi connectivity index (χ4v) is 3.30. The van der Waals surface area contributed by atoms with E-state index in [4.69, 9.17) is 9.73 Å². The first kappa shape index (κ1) is 22.1. The number of benzene rings is 1. The van der Waals surface area contributed by atoms with Gasteiger partial charge in [-0.1, -0.05) is 26.0 Å². The van der Waals surface area contributed by atoms with Crippen molar-refractivity contribution in [3.63, 3.8) is 0 Å². The van der Waals surface area contributed by atoms with E-state index in [1.807, 2.05) is 12.1 Å². The Hall–Kier alpha value is -2.24. The maximum atomic E-state index is 11.6. The van der Waals surface area contributed by atoms with Crippen LogP contribution < -0.4 is 15.4 Å². The summed E-state index contributed by atoms with van der Waals surface area (Å²) in [6.07, 6.45) is 2.67. The van der Waals surface area contributed by atoms with E-state index in [9.17, 15) is 4.79 Å². The highest BCUT2D eigenvalue weighted by Gasteiger charge is 2.23. The van der Waals surface area contributed by atoms with Crippen LogP contribution in [-0.2, 0) is 11.3 Å². The van der Waals surface area contributed by atoms with Crippen molar-refractivity contribution in [3.8, 4) is 5.75 Å². The normalized spacial score (nSPS) is 15.6. The summed E-state index contributed by atoms with van der Waals surface area (Å²) in [5.41, 5.74) is 1.14. The van der Waals surface area contributed by atoms with E-state index in [2.05, 4.69) is 48.4 Å². The van der Waals surface area contributed by atoms with Crippen molar-refractivity contribution < 1.29 is 9.53 Å². The van der Waals surface area contributed by atoms with Crippen LogP contribution in [0.4, 0.5) is 0 Å². The molecule has 1 aliphatic heterocycles. The number of carbonyl (C=O) groups is 1. The van der Waals surface area contributed by atoms with Gasteiger partial charge < -0.3 is 20.3 Å². The Kier molecular flexibility index (Phi) is 9.11. The molecule has 0 spiro atoms. The van der Waals surface area contributed by atoms with Gasteiger partial charge in [0.15, 0.2) is 5.96 Å². The molecular weight excluding hydrogens is 352 g/mol. The number of amides is 1. The molecule has 0 unspecified atom stereocenters. The molecular formula is C22H36N4O2. The molecule has 0 bridgehead atoms. The summed E-state index contributed by atoms with van der Waals surface area (Å²) in [5.74, 6) is 2.97. The molecule has 1 fully saturated rings. The third-order valence-electron chi connectivity index (χ3n) is 4.90. The lowest BCUT2D eigenvalue weighted by molar-refractivity contribution is -0.121. The molecule has 1 amide bonds. The Bertz CT molecular complexity index is 637. The second-order valence-electron chi connectivity index (χ2n) is 7.83. The van der Waals surface area contributed by atoms with Crippen LogP contribution in [0.5, 0.6) is 5.75 Å². The number of likely N-dealkylation sites (tertiary alicyclic amines) is 1. The number of nitrogens with one attached hydrogen (secondary N) is 2. The third-order valence-corrected chi connectivity index (χ3v) is 4.90. The van der Waals surface area contributed by atoms with Gasteiger partial charge in [0.1, 0.15) is 5.75 Å². The maximum Gasteiger partial charge on any atom is 0.220 e. The second-order valence-corrected chi connectivity index (χ2v) is 7.83. The molecule has 1 aromatic rings. The third kappa shape index (κ3) is 7.41. The number of rotatable bonds is 8. The Morgan fingerprint density at radius 3 is 2.71 bits per heavy atom. The summed E-state index contributed by atoms with van der Waals surface area (Å²) in [5, 5.41) is 6.14. The highest BCUT2D eigenvalue weighted by molar-refractivity contribution is 5.80. The van der Waals surface area contributed by atoms with E-state index in [1.54, 1.807) is 7.05 Å². The van der Waals surface area contributed by atoms with Crippen LogP contribution in [-0.4, -0.2) is 50.1 Å². The zero-order valence-electron chi connectivity index (χ0n) is 17.8. The second kappa shape index (κ2) is 11.6. The highest BCUT2D eigenvalue weighted by Crippen LogP contribution is 2.21. The van der Waals surface area contributed by atoms with E-state index in [0.717, 1.165) is 56.4 Å². The molecule has 6 heteroatoms. The molecule has 28 heavy (non-hydrogen) atoms. The zero-order valence-corrected chi connectivity index (χ0v) is 17.8. The predicted molar refractivity (Wildman–Crippen MR) is 115 cm³/mol. The van der Waals surface area contributed by atoms with Crippen LogP contribution >= 0.6 is 0 Å². The lowest BCUT2D eigenvalue weighted by Crippen LogP contribution is -2.46. The molecule has 1 heterocycles. The summed E-state index contributed by atoms with van der Waals surface area (Å²) in [6.45, 7) is 10.4. The van der Waals surface area contributed by atoms with Gasteiger partial charge in [0.05, 0.1) is 13.2 Å². The van der Waals surface area contributed by atoms with Gasteiger partial charge >= 0.3 is 0 Å². The Labute approximate surface area is 169 Å². The predicted octanol–water partition coefficient (Wildman–Crippen LogP) is 3.04. The van der Waals surface area contributed by atoms with Crippen LogP contribution in [0.2, 0.25) is 0 Å². The topological polar surface area (TPSA) is 66.0 Å². The minimum Gasteiger partial charge on any atom is -0.493 e. The highest BCUT2D eigenvalue weighted by atomic mass is 16.5. The summed E-state index contributed by atoms with van der Waals surface area (Å²) < 4.78 is 5.82. The molecule has 0 atom stereocenters. The molecule has 2 rings (SSSR count). The average Bonchev–Trinajstić information content (AvgIpc) is 2.70. The van der Waals surface area contributed by atoms with E-state index in [0.29, 0.717) is 24.8 Å². The summed E-state index contributed by atoms with van der Waals surface area (Å²) in [7, 11) is 1.70. The van der Waals surface area contributed by atoms with E-state index < -0.39 is 0 Å². The van der Waals surface area contributed by atoms with Gasteiger partial charge in [0.25, 0.3) is 0 Å². The Balaban J connectivity index is 1.94. The first-order valence-electron chi connectivity index (χ1n) is 10.5. The number of aliphatic imine (C=N–C) groups is 1. The molecule has 6 nitrogen and oxygen atoms in total. The van der Waals surface area contributed by atoms with Crippen LogP contribution in [0.25, 0.3) is 0 Å². The molecule has 0 radical (unpaired) electrons. The van der Waals surface area contributed by atoms with E-state index in [-0.39, 0.29) is 5.91 Å². The van der Waals surface area contributed by atoms with Gasteiger partial charge in [0, 0.05) is 33.1 Å². The summed E-state index contributed by atoms with van der Waals surface area (Å²) >= 11 is 0. The Morgan fingerprint density at radius 1 is 1.32 bits per heavy atom. The zero-order chi connectivity index (χ0) is 20.4. The molecule has 1 aromatic carbocycles. The first-order chi connectivity index (χ1) is 13.5. The molecule has 0 aliphatic carbocycles. The quantitative estimate of drug-likeness (QED) is 0.531. The summed E-state index contributed by atoms with van der Waals surface area (Å²) in [4.78, 5) is 18.7. The van der Waals surface area contributed by atoms with Gasteiger partial charge in [-0.05, 0) is 49.3 Å². The number of hydrogen-bond acceptors (Lipinski definition) is 3. The van der Waals surface area contributed by atoms with Crippen molar-refractivity contribution in [2.24, 2.45) is 16.8 Å². The molecule has 1 saturated heterocycles. The minimum absolute atomic E-state index is 0.138. The smallest absolute Gasteiger partial charge is 0.220 e. The van der Waals surface area contributed by atoms with Crippen molar-refractivity contribution in [2.45, 2.75) is 46.6 Å². The summed E-state index contributed by atoms with van der Waals surface area (Å²) in [6, 6.07) is 8.19. The average molecular weight is 389 g/mol. The van der Waals surface area contributed by atoms with E-state index in [1.165, 1.54) is 0 Å². The maximum absolute atomic E-state index is 11.6. The largest absolute Gasteiger partial charge is 0.493 e. The van der Waals surface area contributed by atoms with Crippen LogP contribution in [0.15, 0.2) is 29.3 Å². The number of hydrogen-bond donors (Lipinski definition) is 2. The minimum atomic E-state index is 0.138. The monoisotopic (exact) mass is 388 g/mol. The van der Waals surface area contributed by atoms with Gasteiger partial charge in [-0.15, -0.1) is 0 Å². The number of piperidine rings is 1. The number of nitrogens with zero attached hydrogens (tertiary/aromatic N) is 2. The molecule has 156 valence electrons. The Morgan fingerprint density at radius 2 is 2.07 bits per heavy atom. The fourth-order valence-electron chi connectivity index (χ4n) is 3.30. The molecule has 0 aromatic heterocycles. The number of ether oxygens (including phenoxy) is 1. The van der Waals surface area contributed by atoms with Gasteiger partial charge in [-0.3, -0.25) is 4.79 Å².